The number of ether oxygens (including phenoxy) is 1. The molecule has 0 unspecified atom stereocenters. The summed E-state index contributed by atoms with van der Waals surface area (Å²) in [5.74, 6) is 0.832. The van der Waals surface area contributed by atoms with Crippen LogP contribution in [0.4, 0.5) is 17.1 Å². The lowest BCUT2D eigenvalue weighted by molar-refractivity contribution is 0.415. The SMILES string of the molecule is C=Cc1ccc(N(c2ccc(OC)cc2)c2ccc(C=C)c(Br)c2)cc1. The second kappa shape index (κ2) is 8.07. The van der Waals surface area contributed by atoms with Crippen LogP contribution in [-0.2, 0) is 0 Å². The lowest BCUT2D eigenvalue weighted by atomic mass is 10.1. The zero-order chi connectivity index (χ0) is 18.5. The zero-order valence-corrected chi connectivity index (χ0v) is 16.2. The van der Waals surface area contributed by atoms with Gasteiger partial charge in [0.15, 0.2) is 0 Å². The highest BCUT2D eigenvalue weighted by Crippen LogP contribution is 2.37. The highest BCUT2D eigenvalue weighted by atomic mass is 79.9. The first-order valence-electron chi connectivity index (χ1n) is 8.25. The van der Waals surface area contributed by atoms with Gasteiger partial charge < -0.3 is 9.64 Å². The van der Waals surface area contributed by atoms with Gasteiger partial charge in [0, 0.05) is 21.5 Å². The summed E-state index contributed by atoms with van der Waals surface area (Å²) in [6, 6.07) is 22.6. The van der Waals surface area contributed by atoms with E-state index in [-0.39, 0.29) is 0 Å². The Morgan fingerprint density at radius 2 is 1.38 bits per heavy atom. The number of benzene rings is 3. The molecular weight excluding hydrogens is 386 g/mol. The summed E-state index contributed by atoms with van der Waals surface area (Å²) in [7, 11) is 1.67. The van der Waals surface area contributed by atoms with Gasteiger partial charge in [0.1, 0.15) is 5.75 Å². The molecular formula is C23H20BrNO. The summed E-state index contributed by atoms with van der Waals surface area (Å²) >= 11 is 3.64. The molecule has 0 N–H and O–H groups in total. The van der Waals surface area contributed by atoms with Crippen LogP contribution < -0.4 is 9.64 Å². The van der Waals surface area contributed by atoms with Crippen LogP contribution in [0.2, 0.25) is 0 Å². The summed E-state index contributed by atoms with van der Waals surface area (Å²) in [5.41, 5.74) is 5.32. The Balaban J connectivity index is 2.12. The maximum absolute atomic E-state index is 5.29. The van der Waals surface area contributed by atoms with E-state index in [9.17, 15) is 0 Å². The minimum absolute atomic E-state index is 0.832. The van der Waals surface area contributed by atoms with Gasteiger partial charge in [0.05, 0.1) is 7.11 Å². The third kappa shape index (κ3) is 3.73. The second-order valence-electron chi connectivity index (χ2n) is 5.74. The summed E-state index contributed by atoms with van der Waals surface area (Å²) in [4.78, 5) is 2.20. The van der Waals surface area contributed by atoms with Crippen LogP contribution in [0.25, 0.3) is 12.2 Å². The molecule has 0 aliphatic carbocycles. The molecule has 0 saturated heterocycles. The van der Waals surface area contributed by atoms with Crippen molar-refractivity contribution >= 4 is 45.1 Å². The number of hydrogen-bond acceptors (Lipinski definition) is 2. The molecule has 3 heteroatoms. The van der Waals surface area contributed by atoms with Gasteiger partial charge in [-0.2, -0.15) is 0 Å². The van der Waals surface area contributed by atoms with Gasteiger partial charge in [0.2, 0.25) is 0 Å². The Labute approximate surface area is 163 Å². The number of halogens is 1. The number of methoxy groups -OCH3 is 1. The van der Waals surface area contributed by atoms with Gasteiger partial charge in [0.25, 0.3) is 0 Å². The van der Waals surface area contributed by atoms with Crippen molar-refractivity contribution in [2.45, 2.75) is 0 Å². The monoisotopic (exact) mass is 405 g/mol. The topological polar surface area (TPSA) is 12.5 Å². The van der Waals surface area contributed by atoms with Crippen LogP contribution >= 0.6 is 15.9 Å². The van der Waals surface area contributed by atoms with E-state index < -0.39 is 0 Å². The standard InChI is InChI=1S/C23H20BrNO/c1-4-17-6-9-19(10-7-17)25(20-12-14-22(26-3)15-13-20)21-11-8-18(5-2)23(24)16-21/h4-16H,1-2H2,3H3. The van der Waals surface area contributed by atoms with Crippen LogP contribution in [0.1, 0.15) is 11.1 Å². The lowest BCUT2D eigenvalue weighted by Crippen LogP contribution is -2.10. The fraction of sp³-hybridized carbons (Fsp3) is 0.0435. The van der Waals surface area contributed by atoms with E-state index in [4.69, 9.17) is 4.74 Å². The number of anilines is 3. The third-order valence-electron chi connectivity index (χ3n) is 4.18. The first-order chi connectivity index (χ1) is 12.7. The minimum atomic E-state index is 0.832. The highest BCUT2D eigenvalue weighted by molar-refractivity contribution is 9.10. The first kappa shape index (κ1) is 18.0. The Bertz CT molecular complexity index is 914. The molecule has 0 bridgehead atoms. The van der Waals surface area contributed by atoms with Crippen LogP contribution in [0, 0.1) is 0 Å². The molecule has 0 spiro atoms. The van der Waals surface area contributed by atoms with Crippen molar-refractivity contribution in [3.8, 4) is 5.75 Å². The molecule has 0 radical (unpaired) electrons. The first-order valence-corrected chi connectivity index (χ1v) is 9.04. The van der Waals surface area contributed by atoms with Gasteiger partial charge in [-0.25, -0.2) is 0 Å². The number of rotatable bonds is 6. The quantitative estimate of drug-likeness (QED) is 0.429. The molecule has 0 amide bonds. The van der Waals surface area contributed by atoms with E-state index in [1.54, 1.807) is 7.11 Å². The van der Waals surface area contributed by atoms with Crippen molar-refractivity contribution in [3.05, 3.63) is 95.5 Å². The lowest BCUT2D eigenvalue weighted by Gasteiger charge is -2.26. The predicted octanol–water partition coefficient (Wildman–Crippen LogP) is 7.21. The van der Waals surface area contributed by atoms with Crippen LogP contribution in [-0.4, -0.2) is 7.11 Å². The highest BCUT2D eigenvalue weighted by Gasteiger charge is 2.13. The number of hydrogen-bond donors (Lipinski definition) is 0. The molecule has 0 atom stereocenters. The second-order valence-corrected chi connectivity index (χ2v) is 6.59. The van der Waals surface area contributed by atoms with Crippen LogP contribution in [0.5, 0.6) is 5.75 Å². The van der Waals surface area contributed by atoms with Crippen molar-refractivity contribution in [3.63, 3.8) is 0 Å². The molecule has 0 aromatic heterocycles. The average molecular weight is 406 g/mol. The normalized spacial score (nSPS) is 10.2. The van der Waals surface area contributed by atoms with Crippen molar-refractivity contribution < 1.29 is 4.74 Å². The molecule has 3 aromatic carbocycles. The van der Waals surface area contributed by atoms with E-state index in [0.29, 0.717) is 0 Å². The summed E-state index contributed by atoms with van der Waals surface area (Å²) < 4.78 is 6.30. The Kier molecular flexibility index (Phi) is 5.59. The molecule has 0 aliphatic rings. The molecule has 0 aliphatic heterocycles. The average Bonchev–Trinajstić information content (AvgIpc) is 2.69. The molecule has 0 fully saturated rings. The molecule has 0 heterocycles. The fourth-order valence-electron chi connectivity index (χ4n) is 2.76. The maximum atomic E-state index is 5.29. The summed E-state index contributed by atoms with van der Waals surface area (Å²) in [6.07, 6.45) is 3.68. The van der Waals surface area contributed by atoms with Crippen molar-refractivity contribution in [2.24, 2.45) is 0 Å². The van der Waals surface area contributed by atoms with Crippen molar-refractivity contribution in [1.82, 2.24) is 0 Å². The Hall–Kier alpha value is -2.78. The van der Waals surface area contributed by atoms with E-state index in [0.717, 1.165) is 38.4 Å². The molecule has 0 saturated carbocycles. The van der Waals surface area contributed by atoms with Crippen LogP contribution in [0.3, 0.4) is 0 Å². The van der Waals surface area contributed by atoms with E-state index in [1.807, 2.05) is 24.3 Å². The van der Waals surface area contributed by atoms with Crippen molar-refractivity contribution in [2.75, 3.05) is 12.0 Å². The van der Waals surface area contributed by atoms with Gasteiger partial charge in [-0.3, -0.25) is 0 Å². The van der Waals surface area contributed by atoms with Gasteiger partial charge in [-0.15, -0.1) is 0 Å². The fourth-order valence-corrected chi connectivity index (χ4v) is 3.29. The smallest absolute Gasteiger partial charge is 0.119 e. The molecule has 3 aromatic rings. The van der Waals surface area contributed by atoms with Gasteiger partial charge >= 0.3 is 0 Å². The van der Waals surface area contributed by atoms with E-state index in [1.165, 1.54) is 0 Å². The van der Waals surface area contributed by atoms with Crippen LogP contribution in [0.15, 0.2) is 84.4 Å². The summed E-state index contributed by atoms with van der Waals surface area (Å²) in [5, 5.41) is 0. The molecule has 2 nitrogen and oxygen atoms in total. The predicted molar refractivity (Wildman–Crippen MR) is 116 cm³/mol. The third-order valence-corrected chi connectivity index (χ3v) is 4.87. The number of nitrogens with zero attached hydrogens (tertiary/aromatic N) is 1. The van der Waals surface area contributed by atoms with Crippen molar-refractivity contribution in [1.29, 1.82) is 0 Å². The largest absolute Gasteiger partial charge is 0.497 e. The van der Waals surface area contributed by atoms with Gasteiger partial charge in [-0.05, 0) is 59.7 Å². The van der Waals surface area contributed by atoms with E-state index in [2.05, 4.69) is 88.6 Å². The Morgan fingerprint density at radius 3 is 1.88 bits per heavy atom. The van der Waals surface area contributed by atoms with E-state index >= 15 is 0 Å². The molecule has 26 heavy (non-hydrogen) atoms. The minimum Gasteiger partial charge on any atom is -0.497 e. The molecule has 3 rings (SSSR count). The molecule has 130 valence electrons. The zero-order valence-electron chi connectivity index (χ0n) is 14.7. The maximum Gasteiger partial charge on any atom is 0.119 e. The van der Waals surface area contributed by atoms with Gasteiger partial charge in [-0.1, -0.05) is 59.4 Å². The Morgan fingerprint density at radius 1 is 0.808 bits per heavy atom. The summed E-state index contributed by atoms with van der Waals surface area (Å²) in [6.45, 7) is 7.68.